The summed E-state index contributed by atoms with van der Waals surface area (Å²) in [7, 11) is 2.17. The van der Waals surface area contributed by atoms with Gasteiger partial charge in [-0.2, -0.15) is 0 Å². The number of hydrogen-bond acceptors (Lipinski definition) is 5. The van der Waals surface area contributed by atoms with E-state index in [1.54, 1.807) is 6.07 Å². The van der Waals surface area contributed by atoms with Gasteiger partial charge < -0.3 is 14.1 Å². The van der Waals surface area contributed by atoms with Gasteiger partial charge in [0, 0.05) is 49.2 Å². The number of fused-ring (bicyclic) bond motifs is 1. The first-order valence-corrected chi connectivity index (χ1v) is 8.46. The third-order valence-corrected chi connectivity index (χ3v) is 4.82. The maximum atomic E-state index is 11.5. The maximum Gasteiger partial charge on any atom is 0.336 e. The van der Waals surface area contributed by atoms with Gasteiger partial charge in [0.25, 0.3) is 0 Å². The molecule has 1 aliphatic rings. The zero-order chi connectivity index (χ0) is 17.3. The van der Waals surface area contributed by atoms with Crippen LogP contribution in [0.25, 0.3) is 11.0 Å². The molecule has 0 bridgehead atoms. The van der Waals surface area contributed by atoms with E-state index in [1.165, 1.54) is 6.07 Å². The van der Waals surface area contributed by atoms with Crippen molar-refractivity contribution >= 4 is 11.0 Å². The average molecular weight is 330 g/mol. The van der Waals surface area contributed by atoms with Crippen molar-refractivity contribution in [3.8, 4) is 5.75 Å². The van der Waals surface area contributed by atoms with Crippen LogP contribution in [-0.4, -0.2) is 55.2 Å². The Morgan fingerprint density at radius 2 is 2.04 bits per heavy atom. The zero-order valence-electron chi connectivity index (χ0n) is 15.0. The molecule has 130 valence electrons. The summed E-state index contributed by atoms with van der Waals surface area (Å²) < 4.78 is 11.2. The molecule has 5 nitrogen and oxygen atoms in total. The molecule has 1 aromatic carbocycles. The number of aryl methyl sites for hydroxylation is 1. The highest BCUT2D eigenvalue weighted by Crippen LogP contribution is 2.23. The van der Waals surface area contributed by atoms with Gasteiger partial charge in [0.15, 0.2) is 0 Å². The van der Waals surface area contributed by atoms with E-state index in [-0.39, 0.29) is 11.2 Å². The fourth-order valence-electron chi connectivity index (χ4n) is 3.52. The molecule has 0 unspecified atom stereocenters. The van der Waals surface area contributed by atoms with Crippen molar-refractivity contribution in [2.75, 3.05) is 39.8 Å². The lowest BCUT2D eigenvalue weighted by Gasteiger charge is -2.46. The maximum absolute atomic E-state index is 11.5. The molecule has 0 aliphatic carbocycles. The lowest BCUT2D eigenvalue weighted by Crippen LogP contribution is -2.58. The van der Waals surface area contributed by atoms with E-state index < -0.39 is 0 Å². The highest BCUT2D eigenvalue weighted by molar-refractivity contribution is 5.81. The lowest BCUT2D eigenvalue weighted by atomic mass is 9.99. The third-order valence-electron chi connectivity index (χ3n) is 4.82. The molecule has 0 radical (unpaired) electrons. The van der Waals surface area contributed by atoms with Crippen molar-refractivity contribution in [1.82, 2.24) is 9.80 Å². The van der Waals surface area contributed by atoms with Gasteiger partial charge in [0.2, 0.25) is 0 Å². The van der Waals surface area contributed by atoms with Crippen molar-refractivity contribution in [3.05, 3.63) is 40.2 Å². The minimum atomic E-state index is -0.323. The molecule has 0 N–H and O–H groups in total. The molecule has 2 aromatic rings. The van der Waals surface area contributed by atoms with Gasteiger partial charge in [-0.3, -0.25) is 4.90 Å². The Morgan fingerprint density at radius 1 is 1.25 bits per heavy atom. The number of ether oxygens (including phenoxy) is 1. The minimum Gasteiger partial charge on any atom is -0.492 e. The van der Waals surface area contributed by atoms with E-state index in [0.29, 0.717) is 12.2 Å². The predicted molar refractivity (Wildman–Crippen MR) is 95.9 cm³/mol. The molecule has 1 aliphatic heterocycles. The molecule has 0 spiro atoms. The lowest BCUT2D eigenvalue weighted by molar-refractivity contribution is 0.0226. The Bertz CT molecular complexity index is 782. The number of likely N-dealkylation sites (N-methyl/N-ethyl adjacent to an activating group) is 1. The van der Waals surface area contributed by atoms with Crippen LogP contribution in [0.15, 0.2) is 33.5 Å². The molecule has 0 atom stereocenters. The summed E-state index contributed by atoms with van der Waals surface area (Å²) in [6.07, 6.45) is 0. The second-order valence-corrected chi connectivity index (χ2v) is 7.29. The molecule has 1 saturated heterocycles. The molecule has 2 heterocycles. The van der Waals surface area contributed by atoms with Crippen LogP contribution in [0.3, 0.4) is 0 Å². The summed E-state index contributed by atoms with van der Waals surface area (Å²) >= 11 is 0. The molecule has 24 heavy (non-hydrogen) atoms. The minimum absolute atomic E-state index is 0.156. The number of piperazine rings is 1. The predicted octanol–water partition coefficient (Wildman–Crippen LogP) is 2.51. The number of hydrogen-bond donors (Lipinski definition) is 0. The van der Waals surface area contributed by atoms with Gasteiger partial charge in [-0.15, -0.1) is 0 Å². The van der Waals surface area contributed by atoms with Crippen molar-refractivity contribution in [2.45, 2.75) is 26.3 Å². The van der Waals surface area contributed by atoms with E-state index in [1.807, 2.05) is 19.1 Å². The first-order valence-electron chi connectivity index (χ1n) is 8.46. The number of rotatable bonds is 4. The van der Waals surface area contributed by atoms with E-state index >= 15 is 0 Å². The Labute approximate surface area is 142 Å². The first-order chi connectivity index (χ1) is 11.3. The number of benzene rings is 1. The smallest absolute Gasteiger partial charge is 0.336 e. The molecule has 5 heteroatoms. The van der Waals surface area contributed by atoms with Crippen LogP contribution in [0.1, 0.15) is 19.4 Å². The topological polar surface area (TPSA) is 45.9 Å². The summed E-state index contributed by atoms with van der Waals surface area (Å²) in [6.45, 7) is 11.2. The van der Waals surface area contributed by atoms with Crippen LogP contribution in [0.5, 0.6) is 5.75 Å². The molecule has 3 rings (SSSR count). The highest BCUT2D eigenvalue weighted by Gasteiger charge is 2.31. The van der Waals surface area contributed by atoms with Crippen molar-refractivity contribution in [3.63, 3.8) is 0 Å². The standard InChI is InChI=1S/C19H26N2O3/c1-14-11-18(22)24-17-12-15(5-6-16(14)17)23-10-9-21-8-7-20(4)13-19(21,2)3/h5-6,11-12H,7-10,13H2,1-4H3. The molecular weight excluding hydrogens is 304 g/mol. The Balaban J connectivity index is 1.65. The average Bonchev–Trinajstić information content (AvgIpc) is 2.48. The van der Waals surface area contributed by atoms with Gasteiger partial charge >= 0.3 is 5.63 Å². The van der Waals surface area contributed by atoms with Crippen LogP contribution in [0.2, 0.25) is 0 Å². The summed E-state index contributed by atoms with van der Waals surface area (Å²) in [5.41, 5.74) is 1.34. The van der Waals surface area contributed by atoms with E-state index in [0.717, 1.165) is 42.9 Å². The summed E-state index contributed by atoms with van der Waals surface area (Å²) in [6, 6.07) is 7.20. The van der Waals surface area contributed by atoms with Crippen molar-refractivity contribution < 1.29 is 9.15 Å². The van der Waals surface area contributed by atoms with Crippen LogP contribution in [0.4, 0.5) is 0 Å². The fraction of sp³-hybridized carbons (Fsp3) is 0.526. The Hall–Kier alpha value is -1.85. The van der Waals surface area contributed by atoms with E-state index in [2.05, 4.69) is 30.7 Å². The van der Waals surface area contributed by atoms with Crippen LogP contribution >= 0.6 is 0 Å². The highest BCUT2D eigenvalue weighted by atomic mass is 16.5. The van der Waals surface area contributed by atoms with Gasteiger partial charge in [-0.25, -0.2) is 4.79 Å². The second-order valence-electron chi connectivity index (χ2n) is 7.29. The zero-order valence-corrected chi connectivity index (χ0v) is 15.0. The second kappa shape index (κ2) is 6.57. The van der Waals surface area contributed by atoms with Crippen LogP contribution in [0, 0.1) is 6.92 Å². The Kier molecular flexibility index (Phi) is 4.65. The van der Waals surface area contributed by atoms with Crippen molar-refractivity contribution in [1.29, 1.82) is 0 Å². The van der Waals surface area contributed by atoms with E-state index in [9.17, 15) is 4.79 Å². The third kappa shape index (κ3) is 3.62. The monoisotopic (exact) mass is 330 g/mol. The molecule has 0 amide bonds. The number of nitrogens with zero attached hydrogens (tertiary/aromatic N) is 2. The normalized spacial score (nSPS) is 18.8. The van der Waals surface area contributed by atoms with Gasteiger partial charge in [0.05, 0.1) is 0 Å². The SMILES string of the molecule is Cc1cc(=O)oc2cc(OCCN3CCN(C)CC3(C)C)ccc12. The molecule has 1 aromatic heterocycles. The van der Waals surface area contributed by atoms with Gasteiger partial charge in [-0.1, -0.05) is 0 Å². The molecular formula is C19H26N2O3. The van der Waals surface area contributed by atoms with Crippen LogP contribution < -0.4 is 10.4 Å². The van der Waals surface area contributed by atoms with Crippen LogP contribution in [-0.2, 0) is 0 Å². The molecule has 0 saturated carbocycles. The summed E-state index contributed by atoms with van der Waals surface area (Å²) in [4.78, 5) is 16.4. The van der Waals surface area contributed by atoms with E-state index in [4.69, 9.17) is 9.15 Å². The Morgan fingerprint density at radius 3 is 2.79 bits per heavy atom. The fourth-order valence-corrected chi connectivity index (χ4v) is 3.52. The van der Waals surface area contributed by atoms with Gasteiger partial charge in [-0.05, 0) is 45.5 Å². The largest absolute Gasteiger partial charge is 0.492 e. The summed E-state index contributed by atoms with van der Waals surface area (Å²) in [5, 5.41) is 0.946. The van der Waals surface area contributed by atoms with Gasteiger partial charge in [0.1, 0.15) is 17.9 Å². The quantitative estimate of drug-likeness (QED) is 0.806. The van der Waals surface area contributed by atoms with Crippen molar-refractivity contribution in [2.24, 2.45) is 0 Å². The summed E-state index contributed by atoms with van der Waals surface area (Å²) in [5.74, 6) is 0.739. The first kappa shape index (κ1) is 17.0. The molecule has 1 fully saturated rings.